The molecule has 4 atom stereocenters. The molecule has 0 spiro atoms. The van der Waals surface area contributed by atoms with Crippen molar-refractivity contribution >= 4 is 58.7 Å². The Kier molecular flexibility index (Phi) is 10.3. The maximum Gasteiger partial charge on any atom is 0.305 e. The number of ether oxygens (including phenoxy) is 2. The summed E-state index contributed by atoms with van der Waals surface area (Å²) < 4.78 is 11.4. The molecule has 6 rings (SSSR count). The summed E-state index contributed by atoms with van der Waals surface area (Å²) in [5.41, 5.74) is 4.04. The summed E-state index contributed by atoms with van der Waals surface area (Å²) in [6.45, 7) is 0. The molecule has 0 aromatic heterocycles. The highest BCUT2D eigenvalue weighted by molar-refractivity contribution is 8.01. The Morgan fingerprint density at radius 3 is 1.33 bits per heavy atom. The molecule has 264 valence electrons. The molecule has 12 nitrogen and oxygen atoms in total. The van der Waals surface area contributed by atoms with Gasteiger partial charge in [-0.2, -0.15) is 0 Å². The molecule has 0 aliphatic carbocycles. The number of phenols is 2. The van der Waals surface area contributed by atoms with Crippen molar-refractivity contribution in [3.63, 3.8) is 0 Å². The highest BCUT2D eigenvalue weighted by Gasteiger charge is 2.45. The summed E-state index contributed by atoms with van der Waals surface area (Å²) >= 11 is 2.44. The Hall–Kier alpha value is -5.34. The number of anilines is 2. The molecule has 14 heteroatoms. The zero-order chi connectivity index (χ0) is 36.4. The number of aliphatic carboxylic acids is 2. The summed E-state index contributed by atoms with van der Waals surface area (Å²) in [6.07, 6.45) is -0.303. The summed E-state index contributed by atoms with van der Waals surface area (Å²) in [7, 11) is 3.04. The van der Waals surface area contributed by atoms with E-state index in [2.05, 4.69) is 0 Å². The van der Waals surface area contributed by atoms with Crippen LogP contribution in [0.3, 0.4) is 0 Å². The second-order valence-corrected chi connectivity index (χ2v) is 14.5. The number of nitrogens with zero attached hydrogens (tertiary/aromatic N) is 2. The quantitative estimate of drug-likeness (QED) is 0.135. The summed E-state index contributed by atoms with van der Waals surface area (Å²) in [5, 5.41) is 35.9. The Balaban J connectivity index is 1.36. The fourth-order valence-electron chi connectivity index (χ4n) is 6.26. The van der Waals surface area contributed by atoms with E-state index in [0.717, 1.165) is 11.1 Å². The summed E-state index contributed by atoms with van der Waals surface area (Å²) in [5.74, 6) is -1.85. The van der Waals surface area contributed by atoms with Crippen LogP contribution >= 0.6 is 23.5 Å². The topological polar surface area (TPSA) is 174 Å². The molecule has 2 saturated heterocycles. The normalized spacial score (nSPS) is 20.1. The predicted molar refractivity (Wildman–Crippen MR) is 193 cm³/mol. The van der Waals surface area contributed by atoms with Crippen LogP contribution in [0, 0.1) is 0 Å². The monoisotopic (exact) mass is 730 g/mol. The predicted octanol–water partition coefficient (Wildman–Crippen LogP) is 5.95. The molecule has 0 radical (unpaired) electrons. The van der Waals surface area contributed by atoms with Gasteiger partial charge in [-0.1, -0.05) is 12.1 Å². The van der Waals surface area contributed by atoms with Crippen LogP contribution in [0.2, 0.25) is 0 Å². The highest BCUT2D eigenvalue weighted by atomic mass is 32.2. The third-order valence-electron chi connectivity index (χ3n) is 8.59. The maximum atomic E-state index is 13.6. The molecule has 2 aliphatic rings. The van der Waals surface area contributed by atoms with E-state index in [1.165, 1.54) is 71.8 Å². The molecule has 0 saturated carbocycles. The average molecular weight is 731 g/mol. The minimum Gasteiger partial charge on any atom is -0.508 e. The van der Waals surface area contributed by atoms with Gasteiger partial charge in [0.25, 0.3) is 0 Å². The van der Waals surface area contributed by atoms with Crippen molar-refractivity contribution < 1.29 is 49.1 Å². The van der Waals surface area contributed by atoms with Gasteiger partial charge in [-0.05, 0) is 90.3 Å². The molecule has 2 heterocycles. The first-order valence-electron chi connectivity index (χ1n) is 15.8. The smallest absolute Gasteiger partial charge is 0.305 e. The van der Waals surface area contributed by atoms with Crippen LogP contribution in [0.15, 0.2) is 84.9 Å². The first kappa shape index (κ1) is 35.5. The van der Waals surface area contributed by atoms with Gasteiger partial charge < -0.3 is 29.9 Å². The molecular weight excluding hydrogens is 697 g/mol. The van der Waals surface area contributed by atoms with Crippen LogP contribution in [-0.2, 0) is 25.6 Å². The Labute approximate surface area is 301 Å². The fraction of sp³-hybridized carbons (Fsp3) is 0.243. The third-order valence-corrected chi connectivity index (χ3v) is 11.4. The number of carboxylic acids is 2. The van der Waals surface area contributed by atoms with Crippen molar-refractivity contribution in [1.82, 2.24) is 0 Å². The highest BCUT2D eigenvalue weighted by Crippen LogP contribution is 2.51. The fourth-order valence-corrected chi connectivity index (χ4v) is 9.18. The second kappa shape index (κ2) is 14.9. The van der Waals surface area contributed by atoms with E-state index in [4.69, 9.17) is 9.47 Å². The Bertz CT molecular complexity index is 1830. The number of rotatable bonds is 12. The molecule has 4 aromatic carbocycles. The van der Waals surface area contributed by atoms with Gasteiger partial charge in [-0.15, -0.1) is 23.5 Å². The molecule has 0 bridgehead atoms. The van der Waals surface area contributed by atoms with Gasteiger partial charge in [0.1, 0.15) is 33.7 Å². The summed E-state index contributed by atoms with van der Waals surface area (Å²) in [6, 6.07) is 23.5. The van der Waals surface area contributed by atoms with Crippen LogP contribution in [-0.4, -0.2) is 68.9 Å². The van der Waals surface area contributed by atoms with Crippen LogP contribution < -0.4 is 19.3 Å². The Morgan fingerprint density at radius 1 is 0.627 bits per heavy atom. The molecule has 4 unspecified atom stereocenters. The third kappa shape index (κ3) is 7.42. The van der Waals surface area contributed by atoms with Crippen molar-refractivity contribution in [2.24, 2.45) is 0 Å². The van der Waals surface area contributed by atoms with E-state index in [9.17, 15) is 39.6 Å². The number of hydrogen-bond acceptors (Lipinski definition) is 10. The van der Waals surface area contributed by atoms with E-state index in [1.807, 2.05) is 24.3 Å². The van der Waals surface area contributed by atoms with Gasteiger partial charge >= 0.3 is 11.9 Å². The molecule has 4 aromatic rings. The molecule has 2 fully saturated rings. The molecule has 51 heavy (non-hydrogen) atoms. The number of thioether (sulfide) groups is 2. The van der Waals surface area contributed by atoms with Gasteiger partial charge in [-0.3, -0.25) is 29.0 Å². The second-order valence-electron chi connectivity index (χ2n) is 11.9. The Morgan fingerprint density at radius 2 is 1.00 bits per heavy atom. The van der Waals surface area contributed by atoms with E-state index in [1.54, 1.807) is 36.4 Å². The number of amides is 2. The maximum absolute atomic E-state index is 13.6. The molecule has 2 aliphatic heterocycles. The molecule has 2 amide bonds. The molecule has 4 N–H and O–H groups in total. The van der Waals surface area contributed by atoms with E-state index >= 15 is 0 Å². The van der Waals surface area contributed by atoms with Crippen molar-refractivity contribution in [3.05, 3.63) is 107 Å². The first-order chi connectivity index (χ1) is 24.5. The van der Waals surface area contributed by atoms with Gasteiger partial charge in [-0.25, -0.2) is 0 Å². The van der Waals surface area contributed by atoms with Gasteiger partial charge in [0.15, 0.2) is 0 Å². The number of methoxy groups -OCH3 is 2. The number of carbonyl (C=O) groups is 4. The largest absolute Gasteiger partial charge is 0.508 e. The lowest BCUT2D eigenvalue weighted by atomic mass is 9.99. The van der Waals surface area contributed by atoms with Crippen LogP contribution in [0.25, 0.3) is 0 Å². The SMILES string of the molecule is COc1ccc(Cc2ccc(OC)c(C3SC(CC(=O)O)C(=O)N3c3ccc(O)cc3)c2)cc1C1SC(CC(=O)O)C(=O)N1c1ccc(O)cc1. The zero-order valence-electron chi connectivity index (χ0n) is 27.5. The molecular formula is C37H34N2O10S2. The van der Waals surface area contributed by atoms with Crippen molar-refractivity contribution in [1.29, 1.82) is 0 Å². The minimum atomic E-state index is -1.09. The van der Waals surface area contributed by atoms with Gasteiger partial charge in [0.2, 0.25) is 11.8 Å². The number of aromatic hydroxyl groups is 2. The van der Waals surface area contributed by atoms with E-state index in [0.29, 0.717) is 40.4 Å². The lowest BCUT2D eigenvalue weighted by Crippen LogP contribution is -2.32. The summed E-state index contributed by atoms with van der Waals surface area (Å²) in [4.78, 5) is 53.6. The van der Waals surface area contributed by atoms with Crippen molar-refractivity contribution in [2.45, 2.75) is 40.5 Å². The number of hydrogen-bond donors (Lipinski definition) is 4. The number of phenolic OH excluding ortho intramolecular Hbond substituents is 2. The lowest BCUT2D eigenvalue weighted by molar-refractivity contribution is -0.138. The first-order valence-corrected chi connectivity index (χ1v) is 17.7. The van der Waals surface area contributed by atoms with Crippen LogP contribution in [0.5, 0.6) is 23.0 Å². The minimum absolute atomic E-state index is 0.0269. The van der Waals surface area contributed by atoms with Gasteiger partial charge in [0, 0.05) is 22.5 Å². The standard InChI is InChI=1S/C37H34N2O10S2/c1-48-28-13-3-20(16-26(28)36-38(22-5-9-24(40)10-6-22)34(46)30(50-36)18-32(42)43)15-21-4-14-29(49-2)27(17-21)37-39(23-7-11-25(41)12-8-23)35(47)31(51-37)19-33(44)45/h3-14,16-17,30-31,36-37,40-41H,15,18-19H2,1-2H3,(H,42,43)(H,44,45). The van der Waals surface area contributed by atoms with E-state index < -0.39 is 33.2 Å². The number of carboxylic acid groups (broad SMARTS) is 2. The van der Waals surface area contributed by atoms with Gasteiger partial charge in [0.05, 0.1) is 37.6 Å². The van der Waals surface area contributed by atoms with Crippen LogP contribution in [0.1, 0.15) is 45.8 Å². The van der Waals surface area contributed by atoms with E-state index in [-0.39, 0.29) is 36.2 Å². The average Bonchev–Trinajstić information content (AvgIpc) is 3.59. The van der Waals surface area contributed by atoms with Crippen molar-refractivity contribution in [2.75, 3.05) is 24.0 Å². The zero-order valence-corrected chi connectivity index (χ0v) is 29.1. The lowest BCUT2D eigenvalue weighted by Gasteiger charge is -2.26. The van der Waals surface area contributed by atoms with Crippen molar-refractivity contribution in [3.8, 4) is 23.0 Å². The number of benzene rings is 4. The van der Waals surface area contributed by atoms with Crippen LogP contribution in [0.4, 0.5) is 11.4 Å². The number of carbonyl (C=O) groups excluding carboxylic acids is 2.